The second-order valence-electron chi connectivity index (χ2n) is 5.71. The number of aromatic nitrogens is 2. The maximum absolute atomic E-state index is 5.43. The lowest BCUT2D eigenvalue weighted by molar-refractivity contribution is 0.0209. The number of ether oxygens (including phenoxy) is 1. The summed E-state index contributed by atoms with van der Waals surface area (Å²) in [5.74, 6) is 0.867. The summed E-state index contributed by atoms with van der Waals surface area (Å²) < 4.78 is 5.43. The van der Waals surface area contributed by atoms with Crippen molar-refractivity contribution in [3.8, 4) is 0 Å². The Bertz CT molecular complexity index is 432. The third kappa shape index (κ3) is 3.70. The fourth-order valence-electron chi connectivity index (χ4n) is 3.04. The van der Waals surface area contributed by atoms with Gasteiger partial charge in [0.2, 0.25) is 5.95 Å². The lowest BCUT2D eigenvalue weighted by atomic mass is 10.2. The van der Waals surface area contributed by atoms with Crippen LogP contribution < -0.4 is 10.2 Å². The topological polar surface area (TPSA) is 53.5 Å². The van der Waals surface area contributed by atoms with Crippen LogP contribution in [0.1, 0.15) is 18.9 Å². The second kappa shape index (κ2) is 7.15. The first-order chi connectivity index (χ1) is 10.4. The molecule has 0 aromatic carbocycles. The minimum Gasteiger partial charge on any atom is -0.379 e. The first-order valence-corrected chi connectivity index (χ1v) is 7.95. The Morgan fingerprint density at radius 1 is 1.24 bits per heavy atom. The molecule has 3 rings (SSSR count). The second-order valence-corrected chi connectivity index (χ2v) is 5.71. The van der Waals surface area contributed by atoms with Crippen LogP contribution in [0.3, 0.4) is 0 Å². The molecule has 0 saturated carbocycles. The van der Waals surface area contributed by atoms with Crippen LogP contribution in [0.25, 0.3) is 0 Å². The summed E-state index contributed by atoms with van der Waals surface area (Å²) in [4.78, 5) is 13.9. The van der Waals surface area contributed by atoms with E-state index in [0.717, 1.165) is 64.0 Å². The molecule has 0 radical (unpaired) electrons. The Balaban J connectivity index is 1.55. The van der Waals surface area contributed by atoms with E-state index in [1.807, 2.05) is 12.4 Å². The summed E-state index contributed by atoms with van der Waals surface area (Å²) >= 11 is 0. The van der Waals surface area contributed by atoms with Gasteiger partial charge in [-0.1, -0.05) is 6.92 Å². The molecule has 3 heterocycles. The molecule has 0 bridgehead atoms. The third-order valence-electron chi connectivity index (χ3n) is 4.28. The van der Waals surface area contributed by atoms with Crippen molar-refractivity contribution in [3.05, 3.63) is 18.0 Å². The average Bonchev–Trinajstić information content (AvgIpc) is 3.04. The fraction of sp³-hybridized carbons (Fsp3) is 0.733. The number of morpholine rings is 1. The average molecular weight is 291 g/mol. The first kappa shape index (κ1) is 14.7. The first-order valence-electron chi connectivity index (χ1n) is 7.95. The van der Waals surface area contributed by atoms with Crippen LogP contribution in [-0.4, -0.2) is 66.8 Å². The molecule has 1 unspecified atom stereocenters. The van der Waals surface area contributed by atoms with Crippen LogP contribution in [0.4, 0.5) is 5.95 Å². The van der Waals surface area contributed by atoms with Crippen LogP contribution in [0.2, 0.25) is 0 Å². The Hall–Kier alpha value is -1.24. The van der Waals surface area contributed by atoms with Crippen molar-refractivity contribution >= 4 is 5.95 Å². The van der Waals surface area contributed by atoms with E-state index in [1.165, 1.54) is 6.42 Å². The molecule has 21 heavy (non-hydrogen) atoms. The number of anilines is 1. The van der Waals surface area contributed by atoms with E-state index in [0.29, 0.717) is 6.04 Å². The molecule has 1 N–H and O–H groups in total. The Morgan fingerprint density at radius 3 is 2.71 bits per heavy atom. The SMILES string of the molecule is CCNCc1cnc(N2CCC(N3CCOCC3)C2)nc1. The smallest absolute Gasteiger partial charge is 0.225 e. The molecule has 2 saturated heterocycles. The molecule has 1 atom stereocenters. The Morgan fingerprint density at radius 2 is 2.00 bits per heavy atom. The van der Waals surface area contributed by atoms with Crippen molar-refractivity contribution in [2.24, 2.45) is 0 Å². The van der Waals surface area contributed by atoms with Gasteiger partial charge >= 0.3 is 0 Å². The summed E-state index contributed by atoms with van der Waals surface area (Å²) in [6.45, 7) is 9.84. The standard InChI is InChI=1S/C15H25N5O/c1-2-16-9-13-10-17-15(18-11-13)20-4-3-14(12-20)19-5-7-21-8-6-19/h10-11,14,16H,2-9,12H2,1H3. The molecule has 1 aromatic rings. The predicted molar refractivity (Wildman–Crippen MR) is 82.4 cm³/mol. The maximum atomic E-state index is 5.43. The van der Waals surface area contributed by atoms with Gasteiger partial charge in [-0.05, 0) is 13.0 Å². The minimum atomic E-state index is 0.624. The highest BCUT2D eigenvalue weighted by Gasteiger charge is 2.29. The number of nitrogens with one attached hydrogen (secondary N) is 1. The number of rotatable bonds is 5. The van der Waals surface area contributed by atoms with Gasteiger partial charge in [0.1, 0.15) is 0 Å². The molecule has 0 aliphatic carbocycles. The number of hydrogen-bond acceptors (Lipinski definition) is 6. The molecule has 0 amide bonds. The molecule has 6 nitrogen and oxygen atoms in total. The zero-order chi connectivity index (χ0) is 14.5. The zero-order valence-electron chi connectivity index (χ0n) is 12.8. The van der Waals surface area contributed by atoms with Gasteiger partial charge in [-0.3, -0.25) is 4.90 Å². The van der Waals surface area contributed by atoms with Gasteiger partial charge in [0.15, 0.2) is 0 Å². The van der Waals surface area contributed by atoms with Gasteiger partial charge in [0.05, 0.1) is 13.2 Å². The molecule has 2 aliphatic rings. The Kier molecular flexibility index (Phi) is 5.00. The van der Waals surface area contributed by atoms with Crippen LogP contribution >= 0.6 is 0 Å². The van der Waals surface area contributed by atoms with Crippen molar-refractivity contribution in [1.82, 2.24) is 20.2 Å². The van der Waals surface area contributed by atoms with Gasteiger partial charge in [-0.25, -0.2) is 9.97 Å². The summed E-state index contributed by atoms with van der Waals surface area (Å²) in [5.41, 5.74) is 1.14. The van der Waals surface area contributed by atoms with Crippen LogP contribution in [0.15, 0.2) is 12.4 Å². The van der Waals surface area contributed by atoms with Gasteiger partial charge in [0.25, 0.3) is 0 Å². The third-order valence-corrected chi connectivity index (χ3v) is 4.28. The largest absolute Gasteiger partial charge is 0.379 e. The lowest BCUT2D eigenvalue weighted by Crippen LogP contribution is -2.44. The van der Waals surface area contributed by atoms with Crippen molar-refractivity contribution in [3.63, 3.8) is 0 Å². The van der Waals surface area contributed by atoms with Crippen molar-refractivity contribution in [2.45, 2.75) is 25.9 Å². The van der Waals surface area contributed by atoms with E-state index in [-0.39, 0.29) is 0 Å². The molecule has 0 spiro atoms. The fourth-order valence-corrected chi connectivity index (χ4v) is 3.04. The summed E-state index contributed by atoms with van der Waals surface area (Å²) in [6.07, 6.45) is 5.07. The summed E-state index contributed by atoms with van der Waals surface area (Å²) in [7, 11) is 0. The highest BCUT2D eigenvalue weighted by Crippen LogP contribution is 2.20. The monoisotopic (exact) mass is 291 g/mol. The lowest BCUT2D eigenvalue weighted by Gasteiger charge is -2.32. The maximum Gasteiger partial charge on any atom is 0.225 e. The van der Waals surface area contributed by atoms with Gasteiger partial charge < -0.3 is 15.0 Å². The van der Waals surface area contributed by atoms with Crippen LogP contribution in [0, 0.1) is 0 Å². The van der Waals surface area contributed by atoms with E-state index >= 15 is 0 Å². The van der Waals surface area contributed by atoms with Crippen molar-refractivity contribution < 1.29 is 4.74 Å². The molecule has 1 aromatic heterocycles. The Labute approximate surface area is 126 Å². The minimum absolute atomic E-state index is 0.624. The molecule has 2 aliphatic heterocycles. The van der Waals surface area contributed by atoms with Crippen LogP contribution in [0.5, 0.6) is 0 Å². The van der Waals surface area contributed by atoms with Crippen molar-refractivity contribution in [2.75, 3.05) is 50.8 Å². The highest BCUT2D eigenvalue weighted by molar-refractivity contribution is 5.32. The number of nitrogens with zero attached hydrogens (tertiary/aromatic N) is 4. The van der Waals surface area contributed by atoms with E-state index < -0.39 is 0 Å². The zero-order valence-corrected chi connectivity index (χ0v) is 12.8. The predicted octanol–water partition coefficient (Wildman–Crippen LogP) is 0.497. The van der Waals surface area contributed by atoms with E-state index in [4.69, 9.17) is 4.74 Å². The van der Waals surface area contributed by atoms with Gasteiger partial charge in [0, 0.05) is 56.7 Å². The van der Waals surface area contributed by atoms with Crippen LogP contribution in [-0.2, 0) is 11.3 Å². The molecular weight excluding hydrogens is 266 g/mol. The number of hydrogen-bond donors (Lipinski definition) is 1. The molecule has 116 valence electrons. The van der Waals surface area contributed by atoms with E-state index in [2.05, 4.69) is 32.0 Å². The quantitative estimate of drug-likeness (QED) is 0.852. The normalized spacial score (nSPS) is 23.7. The molecule has 6 heteroatoms. The van der Waals surface area contributed by atoms with Gasteiger partial charge in [-0.2, -0.15) is 0 Å². The van der Waals surface area contributed by atoms with E-state index in [1.54, 1.807) is 0 Å². The van der Waals surface area contributed by atoms with Gasteiger partial charge in [-0.15, -0.1) is 0 Å². The van der Waals surface area contributed by atoms with E-state index in [9.17, 15) is 0 Å². The highest BCUT2D eigenvalue weighted by atomic mass is 16.5. The summed E-state index contributed by atoms with van der Waals surface area (Å²) in [5, 5.41) is 3.29. The summed E-state index contributed by atoms with van der Waals surface area (Å²) in [6, 6.07) is 0.624. The van der Waals surface area contributed by atoms with Crippen molar-refractivity contribution in [1.29, 1.82) is 0 Å². The molecular formula is C15H25N5O. The molecule has 2 fully saturated rings.